The Balaban J connectivity index is 2.43. The molecule has 0 fully saturated rings. The van der Waals surface area contributed by atoms with Crippen LogP contribution in [0.1, 0.15) is 25.8 Å². The molecule has 0 aliphatic rings. The van der Waals surface area contributed by atoms with Crippen molar-refractivity contribution < 1.29 is 23.9 Å². The summed E-state index contributed by atoms with van der Waals surface area (Å²) in [6.45, 7) is 3.79. The van der Waals surface area contributed by atoms with Crippen LogP contribution in [-0.2, 0) is 25.7 Å². The first-order chi connectivity index (χ1) is 11.8. The lowest BCUT2D eigenvalue weighted by Gasteiger charge is -2.25. The van der Waals surface area contributed by atoms with Crippen LogP contribution in [0.15, 0.2) is 30.3 Å². The Morgan fingerprint density at radius 2 is 1.72 bits per heavy atom. The number of esters is 1. The third-order valence-corrected chi connectivity index (χ3v) is 3.72. The van der Waals surface area contributed by atoms with Gasteiger partial charge in [0, 0.05) is 26.6 Å². The first kappa shape index (κ1) is 20.5. The van der Waals surface area contributed by atoms with Gasteiger partial charge in [-0.3, -0.25) is 9.59 Å². The molecule has 0 radical (unpaired) electrons. The number of hydrogen-bond acceptors (Lipinski definition) is 5. The van der Waals surface area contributed by atoms with Crippen LogP contribution >= 0.6 is 0 Å². The molecule has 0 N–H and O–H groups in total. The van der Waals surface area contributed by atoms with E-state index in [-0.39, 0.29) is 38.1 Å². The van der Waals surface area contributed by atoms with Gasteiger partial charge in [0.1, 0.15) is 13.2 Å². The number of hydrogen-bond donors (Lipinski definition) is 0. The molecule has 0 aliphatic heterocycles. The fourth-order valence-corrected chi connectivity index (χ4v) is 2.04. The molecule has 1 aromatic carbocycles. The van der Waals surface area contributed by atoms with Gasteiger partial charge in [-0.25, -0.2) is 4.79 Å². The molecule has 0 unspecified atom stereocenters. The lowest BCUT2D eigenvalue weighted by atomic mass is 10.2. The second-order valence-corrected chi connectivity index (χ2v) is 5.76. The molecule has 7 heteroatoms. The van der Waals surface area contributed by atoms with E-state index in [0.717, 1.165) is 5.56 Å². The Labute approximate surface area is 148 Å². The van der Waals surface area contributed by atoms with Crippen LogP contribution in [-0.4, -0.2) is 61.1 Å². The van der Waals surface area contributed by atoms with Gasteiger partial charge < -0.3 is 19.3 Å². The highest BCUT2D eigenvalue weighted by Gasteiger charge is 2.22. The molecule has 1 rings (SSSR count). The van der Waals surface area contributed by atoms with Crippen molar-refractivity contribution in [1.82, 2.24) is 9.80 Å². The van der Waals surface area contributed by atoms with Crippen LogP contribution < -0.4 is 0 Å². The third kappa shape index (κ3) is 7.24. The van der Waals surface area contributed by atoms with E-state index in [0.29, 0.717) is 0 Å². The molecule has 25 heavy (non-hydrogen) atoms. The van der Waals surface area contributed by atoms with E-state index in [1.54, 1.807) is 20.9 Å². The van der Waals surface area contributed by atoms with Crippen molar-refractivity contribution in [1.29, 1.82) is 0 Å². The lowest BCUT2D eigenvalue weighted by Crippen LogP contribution is -2.41. The summed E-state index contributed by atoms with van der Waals surface area (Å²) in [6.07, 6.45) is -0.412. The van der Waals surface area contributed by atoms with Crippen LogP contribution in [0.4, 0.5) is 4.79 Å². The molecule has 0 heterocycles. The minimum atomic E-state index is -0.503. The maximum absolute atomic E-state index is 12.1. The highest BCUT2D eigenvalue weighted by Crippen LogP contribution is 2.08. The summed E-state index contributed by atoms with van der Waals surface area (Å²) in [5.74, 6) is -0.704. The van der Waals surface area contributed by atoms with Gasteiger partial charge in [-0.2, -0.15) is 0 Å². The fraction of sp³-hybridized carbons (Fsp3) is 0.500. The summed E-state index contributed by atoms with van der Waals surface area (Å²) >= 11 is 0. The van der Waals surface area contributed by atoms with E-state index < -0.39 is 12.1 Å². The van der Waals surface area contributed by atoms with Crippen molar-refractivity contribution in [3.63, 3.8) is 0 Å². The standard InChI is InChI=1S/C18H26N2O5/c1-5-24-17(22)12-19(3)16(21)11-14(2)20(4)18(23)25-13-15-9-7-6-8-10-15/h6-10,14H,5,11-13H2,1-4H3/t14-/m0/s1. The van der Waals surface area contributed by atoms with Crippen molar-refractivity contribution in [2.75, 3.05) is 27.2 Å². The van der Waals surface area contributed by atoms with Crippen molar-refractivity contribution in [2.45, 2.75) is 32.9 Å². The summed E-state index contributed by atoms with van der Waals surface area (Å²) in [7, 11) is 3.11. The van der Waals surface area contributed by atoms with Gasteiger partial charge in [-0.05, 0) is 19.4 Å². The molecule has 1 aromatic rings. The van der Waals surface area contributed by atoms with Crippen molar-refractivity contribution >= 4 is 18.0 Å². The second-order valence-electron chi connectivity index (χ2n) is 5.76. The summed E-state index contributed by atoms with van der Waals surface area (Å²) < 4.78 is 10.0. The minimum absolute atomic E-state index is 0.0901. The Kier molecular flexibility index (Phi) is 8.46. The summed E-state index contributed by atoms with van der Waals surface area (Å²) in [6, 6.07) is 8.99. The molecule has 0 aromatic heterocycles. The summed E-state index contributed by atoms with van der Waals surface area (Å²) in [5, 5.41) is 0. The maximum atomic E-state index is 12.1. The normalized spacial score (nSPS) is 11.4. The fourth-order valence-electron chi connectivity index (χ4n) is 2.04. The largest absolute Gasteiger partial charge is 0.465 e. The predicted molar refractivity (Wildman–Crippen MR) is 92.7 cm³/mol. The quantitative estimate of drug-likeness (QED) is 0.671. The van der Waals surface area contributed by atoms with Crippen LogP contribution in [0.25, 0.3) is 0 Å². The van der Waals surface area contributed by atoms with Crippen LogP contribution in [0.3, 0.4) is 0 Å². The zero-order valence-electron chi connectivity index (χ0n) is 15.2. The minimum Gasteiger partial charge on any atom is -0.465 e. The van der Waals surface area contributed by atoms with Gasteiger partial charge in [0.25, 0.3) is 0 Å². The van der Waals surface area contributed by atoms with Crippen LogP contribution in [0.5, 0.6) is 0 Å². The maximum Gasteiger partial charge on any atom is 0.410 e. The van der Waals surface area contributed by atoms with E-state index in [1.165, 1.54) is 16.8 Å². The number of amides is 2. The predicted octanol–water partition coefficient (Wildman–Crippen LogP) is 2.06. The zero-order chi connectivity index (χ0) is 18.8. The van der Waals surface area contributed by atoms with Gasteiger partial charge >= 0.3 is 12.1 Å². The highest BCUT2D eigenvalue weighted by molar-refractivity contribution is 5.82. The van der Waals surface area contributed by atoms with E-state index in [9.17, 15) is 14.4 Å². The Morgan fingerprint density at radius 1 is 1.08 bits per heavy atom. The number of ether oxygens (including phenoxy) is 2. The smallest absolute Gasteiger partial charge is 0.410 e. The van der Waals surface area contributed by atoms with Gasteiger partial charge in [-0.1, -0.05) is 30.3 Å². The first-order valence-electron chi connectivity index (χ1n) is 8.18. The molecule has 138 valence electrons. The third-order valence-electron chi connectivity index (χ3n) is 3.72. The van der Waals surface area contributed by atoms with Crippen molar-refractivity contribution in [3.8, 4) is 0 Å². The van der Waals surface area contributed by atoms with Crippen molar-refractivity contribution in [2.24, 2.45) is 0 Å². The molecular formula is C18H26N2O5. The van der Waals surface area contributed by atoms with Gasteiger partial charge in [-0.15, -0.1) is 0 Å². The zero-order valence-corrected chi connectivity index (χ0v) is 15.2. The van der Waals surface area contributed by atoms with Gasteiger partial charge in [0.05, 0.1) is 6.61 Å². The molecule has 0 saturated carbocycles. The average Bonchev–Trinajstić information content (AvgIpc) is 2.59. The lowest BCUT2D eigenvalue weighted by molar-refractivity contribution is -0.148. The topological polar surface area (TPSA) is 76.2 Å². The molecule has 7 nitrogen and oxygen atoms in total. The molecule has 0 bridgehead atoms. The van der Waals surface area contributed by atoms with E-state index in [1.807, 2.05) is 30.3 Å². The number of nitrogens with zero attached hydrogens (tertiary/aromatic N) is 2. The summed E-state index contributed by atoms with van der Waals surface area (Å²) in [4.78, 5) is 38.3. The van der Waals surface area contributed by atoms with E-state index in [4.69, 9.17) is 9.47 Å². The molecule has 2 amide bonds. The van der Waals surface area contributed by atoms with E-state index in [2.05, 4.69) is 0 Å². The first-order valence-corrected chi connectivity index (χ1v) is 8.18. The Hall–Kier alpha value is -2.57. The van der Waals surface area contributed by atoms with Crippen molar-refractivity contribution in [3.05, 3.63) is 35.9 Å². The number of carbonyl (C=O) groups is 3. The molecule has 0 spiro atoms. The number of carbonyl (C=O) groups excluding carboxylic acids is 3. The SMILES string of the molecule is CCOC(=O)CN(C)C(=O)C[C@H](C)N(C)C(=O)OCc1ccccc1. The van der Waals surface area contributed by atoms with E-state index >= 15 is 0 Å². The molecular weight excluding hydrogens is 324 g/mol. The monoisotopic (exact) mass is 350 g/mol. The number of rotatable bonds is 8. The second kappa shape index (κ2) is 10.3. The average molecular weight is 350 g/mol. The van der Waals surface area contributed by atoms with Crippen LogP contribution in [0.2, 0.25) is 0 Å². The molecule has 0 saturated heterocycles. The molecule has 0 aliphatic carbocycles. The Morgan fingerprint density at radius 3 is 2.32 bits per heavy atom. The summed E-state index contributed by atoms with van der Waals surface area (Å²) in [5.41, 5.74) is 0.891. The highest BCUT2D eigenvalue weighted by atomic mass is 16.6. The van der Waals surface area contributed by atoms with Gasteiger partial charge in [0.2, 0.25) is 5.91 Å². The number of likely N-dealkylation sites (N-methyl/N-ethyl adjacent to an activating group) is 1. The number of benzene rings is 1. The molecule has 1 atom stereocenters. The van der Waals surface area contributed by atoms with Gasteiger partial charge in [0.15, 0.2) is 0 Å². The van der Waals surface area contributed by atoms with Crippen LogP contribution in [0, 0.1) is 0 Å². The Bertz CT molecular complexity index is 576.